The molecule has 1 aliphatic carbocycles. The van der Waals surface area contributed by atoms with Crippen LogP contribution >= 0.6 is 0 Å². The quantitative estimate of drug-likeness (QED) is 0.725. The van der Waals surface area contributed by atoms with Crippen LogP contribution in [0.1, 0.15) is 34.1 Å². The minimum Gasteiger partial charge on any atom is -0.381 e. The first kappa shape index (κ1) is 12.9. The minimum atomic E-state index is 0.161. The van der Waals surface area contributed by atoms with Crippen molar-refractivity contribution in [3.63, 3.8) is 0 Å². The van der Waals surface area contributed by atoms with E-state index in [1.807, 2.05) is 7.05 Å². The molecule has 0 aromatic carbocycles. The highest BCUT2D eigenvalue weighted by atomic mass is 16.5. The van der Waals surface area contributed by atoms with Crippen LogP contribution in [0.3, 0.4) is 0 Å². The standard InChI is InChI=1S/C12H26N2O/c1-11(2,13-5)8-14-9-7-10(15-6)12(9,3)4/h9-10,13-14H,7-8H2,1-6H3. The van der Waals surface area contributed by atoms with Crippen LogP contribution in [-0.4, -0.2) is 38.4 Å². The predicted octanol–water partition coefficient (Wildman–Crippen LogP) is 1.39. The van der Waals surface area contributed by atoms with Gasteiger partial charge < -0.3 is 15.4 Å². The topological polar surface area (TPSA) is 33.3 Å². The average molecular weight is 214 g/mol. The van der Waals surface area contributed by atoms with E-state index in [0.717, 1.165) is 13.0 Å². The lowest BCUT2D eigenvalue weighted by Crippen LogP contribution is -2.63. The fourth-order valence-corrected chi connectivity index (χ4v) is 2.10. The maximum Gasteiger partial charge on any atom is 0.0652 e. The van der Waals surface area contributed by atoms with Gasteiger partial charge in [-0.05, 0) is 27.3 Å². The van der Waals surface area contributed by atoms with E-state index in [0.29, 0.717) is 12.1 Å². The number of ether oxygens (including phenoxy) is 1. The molecular weight excluding hydrogens is 188 g/mol. The second-order valence-electron chi connectivity index (χ2n) is 5.85. The summed E-state index contributed by atoms with van der Waals surface area (Å²) >= 11 is 0. The Bertz CT molecular complexity index is 214. The lowest BCUT2D eigenvalue weighted by atomic mass is 9.64. The van der Waals surface area contributed by atoms with Crippen molar-refractivity contribution in [3.05, 3.63) is 0 Å². The number of likely N-dealkylation sites (N-methyl/N-ethyl adjacent to an activating group) is 1. The molecule has 0 saturated heterocycles. The molecule has 0 aromatic heterocycles. The molecule has 15 heavy (non-hydrogen) atoms. The molecule has 2 N–H and O–H groups in total. The zero-order chi connectivity index (χ0) is 11.7. The zero-order valence-electron chi connectivity index (χ0n) is 11.0. The molecule has 0 amide bonds. The Morgan fingerprint density at radius 3 is 2.40 bits per heavy atom. The Morgan fingerprint density at radius 1 is 1.40 bits per heavy atom. The van der Waals surface area contributed by atoms with E-state index < -0.39 is 0 Å². The summed E-state index contributed by atoms with van der Waals surface area (Å²) in [5, 5.41) is 6.93. The SMILES string of the molecule is CNC(C)(C)CNC1CC(OC)C1(C)C. The number of nitrogens with one attached hydrogen (secondary N) is 2. The molecule has 3 heteroatoms. The van der Waals surface area contributed by atoms with Gasteiger partial charge in [0.05, 0.1) is 6.10 Å². The summed E-state index contributed by atoms with van der Waals surface area (Å²) in [7, 11) is 3.81. The van der Waals surface area contributed by atoms with Gasteiger partial charge in [-0.15, -0.1) is 0 Å². The molecule has 0 spiro atoms. The second-order valence-corrected chi connectivity index (χ2v) is 5.85. The Morgan fingerprint density at radius 2 is 2.00 bits per heavy atom. The summed E-state index contributed by atoms with van der Waals surface area (Å²) in [4.78, 5) is 0. The van der Waals surface area contributed by atoms with Crippen molar-refractivity contribution in [1.82, 2.24) is 10.6 Å². The molecule has 2 atom stereocenters. The van der Waals surface area contributed by atoms with Crippen molar-refractivity contribution in [2.75, 3.05) is 20.7 Å². The normalized spacial score (nSPS) is 30.0. The van der Waals surface area contributed by atoms with Gasteiger partial charge in [-0.25, -0.2) is 0 Å². The molecule has 3 nitrogen and oxygen atoms in total. The summed E-state index contributed by atoms with van der Waals surface area (Å²) in [6, 6.07) is 0.579. The van der Waals surface area contributed by atoms with Gasteiger partial charge in [0.15, 0.2) is 0 Å². The second kappa shape index (κ2) is 4.40. The smallest absolute Gasteiger partial charge is 0.0652 e. The molecule has 2 unspecified atom stereocenters. The van der Waals surface area contributed by atoms with Gasteiger partial charge >= 0.3 is 0 Å². The van der Waals surface area contributed by atoms with Crippen molar-refractivity contribution in [3.8, 4) is 0 Å². The number of methoxy groups -OCH3 is 1. The zero-order valence-corrected chi connectivity index (χ0v) is 11.0. The van der Waals surface area contributed by atoms with Crippen LogP contribution in [0.4, 0.5) is 0 Å². The lowest BCUT2D eigenvalue weighted by molar-refractivity contribution is -0.0983. The van der Waals surface area contributed by atoms with Crippen LogP contribution in [0.25, 0.3) is 0 Å². The highest BCUT2D eigenvalue weighted by Crippen LogP contribution is 2.42. The van der Waals surface area contributed by atoms with Crippen molar-refractivity contribution < 1.29 is 4.74 Å². The molecule has 1 saturated carbocycles. The first-order chi connectivity index (χ1) is 6.83. The van der Waals surface area contributed by atoms with Gasteiger partial charge in [0.1, 0.15) is 0 Å². The average Bonchev–Trinajstić information content (AvgIpc) is 2.16. The van der Waals surface area contributed by atoms with Gasteiger partial charge in [-0.2, -0.15) is 0 Å². The van der Waals surface area contributed by atoms with Gasteiger partial charge in [-0.3, -0.25) is 0 Å². The van der Waals surface area contributed by atoms with Crippen LogP contribution in [0.15, 0.2) is 0 Å². The Hall–Kier alpha value is -0.120. The van der Waals surface area contributed by atoms with E-state index >= 15 is 0 Å². The van der Waals surface area contributed by atoms with Crippen molar-refractivity contribution >= 4 is 0 Å². The van der Waals surface area contributed by atoms with Gasteiger partial charge in [-0.1, -0.05) is 13.8 Å². The Balaban J connectivity index is 2.37. The van der Waals surface area contributed by atoms with Crippen LogP contribution in [0.2, 0.25) is 0 Å². The summed E-state index contributed by atoms with van der Waals surface area (Å²) in [5.41, 5.74) is 0.423. The summed E-state index contributed by atoms with van der Waals surface area (Å²) in [5.74, 6) is 0. The van der Waals surface area contributed by atoms with Gasteiger partial charge in [0.25, 0.3) is 0 Å². The first-order valence-electron chi connectivity index (χ1n) is 5.78. The van der Waals surface area contributed by atoms with E-state index in [4.69, 9.17) is 4.74 Å². The molecule has 1 rings (SSSR count). The molecule has 0 aliphatic heterocycles. The number of hydrogen-bond donors (Lipinski definition) is 2. The van der Waals surface area contributed by atoms with Gasteiger partial charge in [0, 0.05) is 30.7 Å². The highest BCUT2D eigenvalue weighted by Gasteiger charge is 2.48. The molecular formula is C12H26N2O. The number of rotatable bonds is 5. The third-order valence-corrected chi connectivity index (χ3v) is 3.93. The monoisotopic (exact) mass is 214 g/mol. The lowest BCUT2D eigenvalue weighted by Gasteiger charge is -2.52. The van der Waals surface area contributed by atoms with Crippen molar-refractivity contribution in [2.45, 2.75) is 51.8 Å². The molecule has 0 radical (unpaired) electrons. The predicted molar refractivity (Wildman–Crippen MR) is 64.1 cm³/mol. The van der Waals surface area contributed by atoms with Crippen LogP contribution in [0, 0.1) is 5.41 Å². The fraction of sp³-hybridized carbons (Fsp3) is 1.00. The Labute approximate surface area is 94.0 Å². The van der Waals surface area contributed by atoms with Gasteiger partial charge in [0.2, 0.25) is 0 Å². The highest BCUT2D eigenvalue weighted by molar-refractivity contribution is 5.03. The molecule has 0 aromatic rings. The third-order valence-electron chi connectivity index (χ3n) is 3.93. The van der Waals surface area contributed by atoms with Crippen LogP contribution in [0.5, 0.6) is 0 Å². The van der Waals surface area contributed by atoms with E-state index in [1.54, 1.807) is 7.11 Å². The van der Waals surface area contributed by atoms with Crippen LogP contribution < -0.4 is 10.6 Å². The van der Waals surface area contributed by atoms with Crippen molar-refractivity contribution in [2.24, 2.45) is 5.41 Å². The van der Waals surface area contributed by atoms with E-state index in [-0.39, 0.29) is 11.0 Å². The molecule has 90 valence electrons. The molecule has 0 heterocycles. The van der Waals surface area contributed by atoms with E-state index in [9.17, 15) is 0 Å². The number of hydrogen-bond acceptors (Lipinski definition) is 3. The van der Waals surface area contributed by atoms with E-state index in [1.165, 1.54) is 0 Å². The summed E-state index contributed by atoms with van der Waals surface area (Å²) in [6.07, 6.45) is 1.54. The fourth-order valence-electron chi connectivity index (χ4n) is 2.10. The molecule has 0 bridgehead atoms. The molecule has 1 fully saturated rings. The minimum absolute atomic E-state index is 0.161. The van der Waals surface area contributed by atoms with Crippen LogP contribution in [-0.2, 0) is 4.74 Å². The molecule has 1 aliphatic rings. The summed E-state index contributed by atoms with van der Waals surface area (Å²) < 4.78 is 5.43. The largest absolute Gasteiger partial charge is 0.381 e. The van der Waals surface area contributed by atoms with Crippen molar-refractivity contribution in [1.29, 1.82) is 0 Å². The third kappa shape index (κ3) is 2.71. The maximum absolute atomic E-state index is 5.43. The van der Waals surface area contributed by atoms with E-state index in [2.05, 4.69) is 38.3 Å². The maximum atomic E-state index is 5.43. The summed E-state index contributed by atoms with van der Waals surface area (Å²) in [6.45, 7) is 9.95. The first-order valence-corrected chi connectivity index (χ1v) is 5.78. The Kier molecular flexibility index (Phi) is 3.80.